The van der Waals surface area contributed by atoms with Crippen LogP contribution in [0.4, 0.5) is 0 Å². The Bertz CT molecular complexity index is 3970. The van der Waals surface area contributed by atoms with Crippen molar-refractivity contribution >= 4 is 77.7 Å². The van der Waals surface area contributed by atoms with Gasteiger partial charge in [-0.25, -0.2) is 9.97 Å². The lowest BCUT2D eigenvalue weighted by Crippen LogP contribution is -2.25. The van der Waals surface area contributed by atoms with Crippen LogP contribution in [0, 0.1) is 0 Å². The van der Waals surface area contributed by atoms with E-state index >= 15 is 4.57 Å². The summed E-state index contributed by atoms with van der Waals surface area (Å²) in [4.78, 5) is 10.9. The van der Waals surface area contributed by atoms with Gasteiger partial charge in [-0.1, -0.05) is 176 Å². The molecule has 0 aliphatic heterocycles. The third-order valence-electron chi connectivity index (χ3n) is 13.1. The van der Waals surface area contributed by atoms with Gasteiger partial charge >= 0.3 is 0 Å². The molecule has 0 aliphatic carbocycles. The molecule has 5 heterocycles. The molecule has 0 saturated carbocycles. The molecule has 0 atom stereocenters. The second-order valence-electron chi connectivity index (χ2n) is 16.9. The van der Waals surface area contributed by atoms with Crippen LogP contribution in [0.3, 0.4) is 0 Å². The fraction of sp³-hybridized carbons (Fsp3) is 0. The van der Waals surface area contributed by atoms with Crippen LogP contribution in [0.15, 0.2) is 243 Å². The van der Waals surface area contributed by atoms with Crippen LogP contribution < -0.4 is 15.9 Å². The summed E-state index contributed by atoms with van der Waals surface area (Å²) < 4.78 is 23.0. The van der Waals surface area contributed by atoms with Crippen LogP contribution in [0.25, 0.3) is 94.5 Å². The molecular weight excluding hydrogens is 838 g/mol. The van der Waals surface area contributed by atoms with Crippen molar-refractivity contribution in [2.45, 2.75) is 0 Å². The largest absolute Gasteiger partial charge is 0.309 e. The number of hydrogen-bond acceptors (Lipinski definition) is 3. The predicted octanol–water partition coefficient (Wildman–Crippen LogP) is 13.6. The highest BCUT2D eigenvalue weighted by Gasteiger charge is 2.32. The van der Waals surface area contributed by atoms with Crippen LogP contribution in [-0.2, 0) is 4.57 Å². The SMILES string of the molecule is O=P(c1ccccc1)(c1ccccc1)c1ccc2c(c1)n(-c1cccc(-c3ccccc3)n1)c1c3ccc(-n4c5ccccc5c5ccccc54)cc3n(-c3cccc(-c4ccccc4)n3)c21. The van der Waals surface area contributed by atoms with Gasteiger partial charge in [-0.15, -0.1) is 0 Å². The molecule has 0 aliphatic rings. The summed E-state index contributed by atoms with van der Waals surface area (Å²) in [5.74, 6) is 1.54. The zero-order chi connectivity index (χ0) is 44.5. The molecule has 13 rings (SSSR count). The van der Waals surface area contributed by atoms with Crippen molar-refractivity contribution in [3.63, 3.8) is 0 Å². The molecule has 5 aromatic heterocycles. The summed E-state index contributed by atoms with van der Waals surface area (Å²) >= 11 is 0. The minimum absolute atomic E-state index is 0.742. The number of benzene rings is 8. The fourth-order valence-corrected chi connectivity index (χ4v) is 12.8. The maximum Gasteiger partial charge on any atom is 0.171 e. The monoisotopic (exact) mass is 877 g/mol. The van der Waals surface area contributed by atoms with E-state index in [1.165, 1.54) is 10.8 Å². The maximum absolute atomic E-state index is 16.1. The van der Waals surface area contributed by atoms with Crippen molar-refractivity contribution in [2.75, 3.05) is 0 Å². The molecule has 7 heteroatoms. The Balaban J connectivity index is 1.17. The van der Waals surface area contributed by atoms with Crippen molar-refractivity contribution < 1.29 is 4.57 Å². The van der Waals surface area contributed by atoms with E-state index in [4.69, 9.17) is 9.97 Å². The highest BCUT2D eigenvalue weighted by Crippen LogP contribution is 2.46. The maximum atomic E-state index is 16.1. The van der Waals surface area contributed by atoms with Gasteiger partial charge in [-0.05, 0) is 66.7 Å². The molecule has 13 aromatic rings. The van der Waals surface area contributed by atoms with E-state index in [2.05, 4.69) is 171 Å². The van der Waals surface area contributed by atoms with E-state index in [1.807, 2.05) is 84.9 Å². The molecule has 6 nitrogen and oxygen atoms in total. The summed E-state index contributed by atoms with van der Waals surface area (Å²) in [7, 11) is -3.36. The first kappa shape index (κ1) is 38.9. The van der Waals surface area contributed by atoms with Gasteiger partial charge in [0.2, 0.25) is 0 Å². The molecule has 0 amide bonds. The Morgan fingerprint density at radius 3 is 1.25 bits per heavy atom. The average Bonchev–Trinajstić information content (AvgIpc) is 4.04. The van der Waals surface area contributed by atoms with Gasteiger partial charge in [0.1, 0.15) is 11.6 Å². The molecule has 0 unspecified atom stereocenters. The van der Waals surface area contributed by atoms with Gasteiger partial charge in [-0.3, -0.25) is 9.13 Å². The second-order valence-corrected chi connectivity index (χ2v) is 19.7. The molecule has 67 heavy (non-hydrogen) atoms. The first-order valence-corrected chi connectivity index (χ1v) is 24.2. The van der Waals surface area contributed by atoms with E-state index in [1.54, 1.807) is 0 Å². The van der Waals surface area contributed by atoms with Gasteiger partial charge in [0.05, 0.1) is 44.5 Å². The lowest BCUT2D eigenvalue weighted by atomic mass is 10.1. The topological polar surface area (TPSA) is 57.6 Å². The zero-order valence-corrected chi connectivity index (χ0v) is 37.1. The Morgan fingerprint density at radius 1 is 0.313 bits per heavy atom. The number of aromatic nitrogens is 5. The van der Waals surface area contributed by atoms with E-state index in [-0.39, 0.29) is 0 Å². The third kappa shape index (κ3) is 6.15. The van der Waals surface area contributed by atoms with Gasteiger partial charge in [0.25, 0.3) is 0 Å². The van der Waals surface area contributed by atoms with E-state index in [9.17, 15) is 0 Å². The lowest BCUT2D eigenvalue weighted by Gasteiger charge is -2.20. The zero-order valence-electron chi connectivity index (χ0n) is 36.2. The van der Waals surface area contributed by atoms with Gasteiger partial charge in [0, 0.05) is 54.3 Å². The summed E-state index contributed by atoms with van der Waals surface area (Å²) in [6.45, 7) is 0. The predicted molar refractivity (Wildman–Crippen MR) is 278 cm³/mol. The second kappa shape index (κ2) is 15.6. The Labute approximate surface area is 386 Å². The van der Waals surface area contributed by atoms with E-state index < -0.39 is 7.14 Å². The fourth-order valence-electron chi connectivity index (χ4n) is 10.1. The first-order valence-electron chi connectivity index (χ1n) is 22.5. The molecule has 0 fully saturated rings. The molecule has 316 valence electrons. The van der Waals surface area contributed by atoms with Crippen LogP contribution in [-0.4, -0.2) is 23.7 Å². The van der Waals surface area contributed by atoms with Crippen molar-refractivity contribution in [1.82, 2.24) is 23.7 Å². The summed E-state index contributed by atoms with van der Waals surface area (Å²) in [5.41, 5.74) is 11.0. The van der Waals surface area contributed by atoms with Gasteiger partial charge < -0.3 is 9.13 Å². The number of hydrogen-bond donors (Lipinski definition) is 0. The summed E-state index contributed by atoms with van der Waals surface area (Å²) in [5, 5.41) is 6.73. The minimum Gasteiger partial charge on any atom is -0.309 e. The van der Waals surface area contributed by atoms with Crippen LogP contribution in [0.1, 0.15) is 0 Å². The van der Waals surface area contributed by atoms with Crippen molar-refractivity contribution in [1.29, 1.82) is 0 Å². The minimum atomic E-state index is -3.36. The normalized spacial score (nSPS) is 11.9. The smallest absolute Gasteiger partial charge is 0.171 e. The van der Waals surface area contributed by atoms with Crippen molar-refractivity contribution in [3.05, 3.63) is 243 Å². The standard InChI is InChI=1S/C60H40N5OP/c66-67(44-23-9-3-10-24-44,45-25-11-4-12-26-45)46-36-38-50-56(40-46)65(58-34-18-30-52(62-58)42-21-7-2-8-22-42)59-49-37-35-43(63-53-31-15-13-27-47(53)48-28-14-16-32-54(48)63)39-55(49)64(60(50)59)57-33-17-29-51(61-57)41-19-5-1-6-20-41/h1-40H. The third-order valence-corrected chi connectivity index (χ3v) is 16.2. The Kier molecular flexibility index (Phi) is 9.02. The van der Waals surface area contributed by atoms with Gasteiger partial charge in [0.15, 0.2) is 7.14 Å². The summed E-state index contributed by atoms with van der Waals surface area (Å²) in [6.07, 6.45) is 0. The Morgan fingerprint density at radius 2 is 0.746 bits per heavy atom. The number of para-hydroxylation sites is 2. The van der Waals surface area contributed by atoms with Crippen molar-refractivity contribution in [3.8, 4) is 39.8 Å². The van der Waals surface area contributed by atoms with Crippen molar-refractivity contribution in [2.24, 2.45) is 0 Å². The lowest BCUT2D eigenvalue weighted by molar-refractivity contribution is 0.592. The van der Waals surface area contributed by atoms with E-state index in [0.29, 0.717) is 0 Å². The highest BCUT2D eigenvalue weighted by atomic mass is 31.2. The molecule has 0 saturated heterocycles. The highest BCUT2D eigenvalue weighted by molar-refractivity contribution is 7.85. The average molecular weight is 878 g/mol. The van der Waals surface area contributed by atoms with Gasteiger partial charge in [-0.2, -0.15) is 0 Å². The first-order chi connectivity index (χ1) is 33.1. The molecule has 0 radical (unpaired) electrons. The number of rotatable bonds is 8. The molecule has 0 spiro atoms. The van der Waals surface area contributed by atoms with E-state index in [0.717, 1.165) is 99.6 Å². The summed E-state index contributed by atoms with van der Waals surface area (Å²) in [6, 6.07) is 83.3. The quantitative estimate of drug-likeness (QED) is 0.143. The Hall–Kier alpha value is -8.57. The number of nitrogens with zero attached hydrogens (tertiary/aromatic N) is 5. The number of fused-ring (bicyclic) bond motifs is 8. The molecule has 0 N–H and O–H groups in total. The molecule has 8 aromatic carbocycles. The molecular formula is C60H40N5OP. The van der Waals surface area contributed by atoms with Crippen LogP contribution >= 0.6 is 7.14 Å². The van der Waals surface area contributed by atoms with Crippen LogP contribution in [0.2, 0.25) is 0 Å². The van der Waals surface area contributed by atoms with Crippen LogP contribution in [0.5, 0.6) is 0 Å². The number of pyridine rings is 2. The molecule has 0 bridgehead atoms.